The summed E-state index contributed by atoms with van der Waals surface area (Å²) in [7, 11) is 1.95. The zero-order valence-electron chi connectivity index (χ0n) is 14.1. The minimum Gasteiger partial charge on any atom is -0.455 e. The van der Waals surface area contributed by atoms with Crippen LogP contribution in [0.3, 0.4) is 0 Å². The maximum absolute atomic E-state index is 12.1. The largest absolute Gasteiger partial charge is 0.455 e. The Balaban J connectivity index is 0.00000156. The van der Waals surface area contributed by atoms with Crippen molar-refractivity contribution in [3.05, 3.63) is 36.0 Å². The van der Waals surface area contributed by atoms with E-state index in [0.717, 1.165) is 30.4 Å². The molecule has 1 amide bonds. The summed E-state index contributed by atoms with van der Waals surface area (Å²) in [6.45, 7) is 2.76. The van der Waals surface area contributed by atoms with Crippen molar-refractivity contribution in [1.29, 1.82) is 0 Å². The van der Waals surface area contributed by atoms with E-state index in [9.17, 15) is 4.79 Å². The number of imidazole rings is 1. The number of nitrogens with one attached hydrogen (secondary N) is 2. The van der Waals surface area contributed by atoms with Crippen molar-refractivity contribution in [2.24, 2.45) is 13.0 Å². The van der Waals surface area contributed by atoms with Gasteiger partial charge in [0.1, 0.15) is 5.76 Å². The summed E-state index contributed by atoms with van der Waals surface area (Å²) in [4.78, 5) is 16.4. The predicted octanol–water partition coefficient (Wildman–Crippen LogP) is 2.88. The molecule has 1 unspecified atom stereocenters. The molecule has 6 nitrogen and oxygen atoms in total. The van der Waals surface area contributed by atoms with Gasteiger partial charge in [-0.25, -0.2) is 4.98 Å². The molecular weight excluding hydrogens is 383 g/mol. The van der Waals surface area contributed by atoms with Crippen molar-refractivity contribution in [3.63, 3.8) is 0 Å². The number of rotatable bonds is 6. The van der Waals surface area contributed by atoms with Gasteiger partial charge in [-0.3, -0.25) is 4.79 Å². The Labute approximate surface area is 164 Å². The topological polar surface area (TPSA) is 72.1 Å². The van der Waals surface area contributed by atoms with E-state index in [1.54, 1.807) is 24.0 Å². The predicted molar refractivity (Wildman–Crippen MR) is 104 cm³/mol. The molecule has 2 N–H and O–H groups in total. The number of hydrogen-bond donors (Lipinski definition) is 2. The molecule has 1 atom stereocenters. The van der Waals surface area contributed by atoms with Gasteiger partial charge in [0.15, 0.2) is 10.9 Å². The number of furan rings is 1. The van der Waals surface area contributed by atoms with Crippen LogP contribution in [0.15, 0.2) is 34.1 Å². The Morgan fingerprint density at radius 2 is 2.32 bits per heavy atom. The fourth-order valence-corrected chi connectivity index (χ4v) is 3.45. The Morgan fingerprint density at radius 1 is 1.48 bits per heavy atom. The molecule has 0 aromatic carbocycles. The second-order valence-electron chi connectivity index (χ2n) is 5.80. The number of thioether (sulfide) groups is 1. The van der Waals surface area contributed by atoms with Gasteiger partial charge in [0.2, 0.25) is 0 Å². The van der Waals surface area contributed by atoms with E-state index >= 15 is 0 Å². The molecule has 140 valence electrons. The van der Waals surface area contributed by atoms with E-state index in [1.807, 2.05) is 23.9 Å². The lowest BCUT2D eigenvalue weighted by atomic mass is 10.00. The third kappa shape index (κ3) is 6.26. The molecule has 0 saturated carbocycles. The van der Waals surface area contributed by atoms with Gasteiger partial charge >= 0.3 is 0 Å². The highest BCUT2D eigenvalue weighted by molar-refractivity contribution is 7.98. The van der Waals surface area contributed by atoms with Crippen LogP contribution in [-0.2, 0) is 12.8 Å². The van der Waals surface area contributed by atoms with Gasteiger partial charge in [-0.15, -0.1) is 24.8 Å². The molecule has 1 aliphatic heterocycles. The quantitative estimate of drug-likeness (QED) is 0.721. The molecule has 1 saturated heterocycles. The maximum atomic E-state index is 12.1. The van der Waals surface area contributed by atoms with E-state index in [-0.39, 0.29) is 30.7 Å². The van der Waals surface area contributed by atoms with Gasteiger partial charge in [0, 0.05) is 26.0 Å². The summed E-state index contributed by atoms with van der Waals surface area (Å²) in [6, 6.07) is 3.59. The summed E-state index contributed by atoms with van der Waals surface area (Å²) in [5.74, 6) is 2.20. The molecule has 25 heavy (non-hydrogen) atoms. The average Bonchev–Trinajstić information content (AvgIpc) is 3.20. The van der Waals surface area contributed by atoms with E-state index in [2.05, 4.69) is 15.6 Å². The highest BCUT2D eigenvalue weighted by atomic mass is 35.5. The van der Waals surface area contributed by atoms with Crippen molar-refractivity contribution in [2.45, 2.75) is 23.8 Å². The highest BCUT2D eigenvalue weighted by Gasteiger charge is 2.16. The SMILES string of the molecule is Cl.Cl.Cn1ccnc1SCc1ccc(C(=O)NCC2CCCNC2)o1. The van der Waals surface area contributed by atoms with Gasteiger partial charge in [-0.05, 0) is 44.0 Å². The second kappa shape index (κ2) is 10.8. The summed E-state index contributed by atoms with van der Waals surface area (Å²) in [6.07, 6.45) is 6.01. The van der Waals surface area contributed by atoms with Crippen LogP contribution in [0.2, 0.25) is 0 Å². The Kier molecular flexibility index (Phi) is 9.42. The zero-order valence-corrected chi connectivity index (χ0v) is 16.5. The molecule has 1 aliphatic rings. The first-order chi connectivity index (χ1) is 11.2. The van der Waals surface area contributed by atoms with Gasteiger partial charge in [0.05, 0.1) is 5.75 Å². The first-order valence-corrected chi connectivity index (χ1v) is 8.88. The van der Waals surface area contributed by atoms with Crippen LogP contribution in [0.1, 0.15) is 29.2 Å². The minimum atomic E-state index is -0.135. The molecule has 0 radical (unpaired) electrons. The molecule has 0 aliphatic carbocycles. The normalized spacial score (nSPS) is 16.6. The van der Waals surface area contributed by atoms with Crippen molar-refractivity contribution in [2.75, 3.05) is 19.6 Å². The lowest BCUT2D eigenvalue weighted by Gasteiger charge is -2.22. The van der Waals surface area contributed by atoms with Crippen LogP contribution in [0.5, 0.6) is 0 Å². The number of piperidine rings is 1. The molecule has 2 aromatic rings. The minimum absolute atomic E-state index is 0. The number of aromatic nitrogens is 2. The van der Waals surface area contributed by atoms with Crippen LogP contribution in [-0.4, -0.2) is 35.1 Å². The number of amides is 1. The van der Waals surface area contributed by atoms with Crippen LogP contribution in [0.4, 0.5) is 0 Å². The highest BCUT2D eigenvalue weighted by Crippen LogP contribution is 2.21. The number of carbonyl (C=O) groups excluding carboxylic acids is 1. The summed E-state index contributed by atoms with van der Waals surface area (Å²) < 4.78 is 7.60. The summed E-state index contributed by atoms with van der Waals surface area (Å²) in [5.41, 5.74) is 0. The average molecular weight is 407 g/mol. The Hall–Kier alpha value is -1.15. The second-order valence-corrected chi connectivity index (χ2v) is 6.74. The molecule has 0 spiro atoms. The lowest BCUT2D eigenvalue weighted by Crippen LogP contribution is -2.38. The van der Waals surface area contributed by atoms with Crippen molar-refractivity contribution in [3.8, 4) is 0 Å². The third-order valence-corrected chi connectivity index (χ3v) is 5.04. The molecule has 2 aromatic heterocycles. The Bertz CT molecular complexity index is 656. The standard InChI is InChI=1S/C16H22N4O2S.2ClH/c1-20-8-7-18-16(20)23-11-13-4-5-14(22-13)15(21)19-10-12-3-2-6-17-9-12;;/h4-5,7-8,12,17H,2-3,6,9-11H2,1H3,(H,19,21);2*1H. The van der Waals surface area contributed by atoms with Crippen LogP contribution < -0.4 is 10.6 Å². The zero-order chi connectivity index (χ0) is 16.1. The molecule has 3 rings (SSSR count). The molecule has 3 heterocycles. The first-order valence-electron chi connectivity index (χ1n) is 7.90. The number of nitrogens with zero attached hydrogens (tertiary/aromatic N) is 2. The van der Waals surface area contributed by atoms with Crippen molar-refractivity contribution in [1.82, 2.24) is 20.2 Å². The van der Waals surface area contributed by atoms with Gasteiger partial charge in [-0.2, -0.15) is 0 Å². The first kappa shape index (κ1) is 21.9. The molecule has 9 heteroatoms. The van der Waals surface area contributed by atoms with Gasteiger partial charge in [-0.1, -0.05) is 11.8 Å². The fourth-order valence-electron chi connectivity index (χ4n) is 2.63. The van der Waals surface area contributed by atoms with Gasteiger partial charge < -0.3 is 19.6 Å². The molecule has 0 bridgehead atoms. The number of aryl methyl sites for hydroxylation is 1. The maximum Gasteiger partial charge on any atom is 0.287 e. The van der Waals surface area contributed by atoms with Crippen LogP contribution in [0, 0.1) is 5.92 Å². The Morgan fingerprint density at radius 3 is 3.00 bits per heavy atom. The van der Waals surface area contributed by atoms with Crippen LogP contribution in [0.25, 0.3) is 0 Å². The van der Waals surface area contributed by atoms with Crippen LogP contribution >= 0.6 is 36.6 Å². The number of hydrogen-bond acceptors (Lipinski definition) is 5. The third-order valence-electron chi connectivity index (χ3n) is 3.96. The van der Waals surface area contributed by atoms with E-state index in [0.29, 0.717) is 24.0 Å². The molecule has 1 fully saturated rings. The van der Waals surface area contributed by atoms with Crippen molar-refractivity contribution < 1.29 is 9.21 Å². The number of halogens is 2. The van der Waals surface area contributed by atoms with Gasteiger partial charge in [0.25, 0.3) is 5.91 Å². The fraction of sp³-hybridized carbons (Fsp3) is 0.500. The smallest absolute Gasteiger partial charge is 0.287 e. The lowest BCUT2D eigenvalue weighted by molar-refractivity contribution is 0.0915. The van der Waals surface area contributed by atoms with E-state index in [4.69, 9.17) is 4.42 Å². The molecular formula is C16H24Cl2N4O2S. The number of carbonyl (C=O) groups is 1. The summed E-state index contributed by atoms with van der Waals surface area (Å²) >= 11 is 1.59. The van der Waals surface area contributed by atoms with Crippen molar-refractivity contribution >= 4 is 42.5 Å². The van der Waals surface area contributed by atoms with E-state index in [1.165, 1.54) is 6.42 Å². The monoisotopic (exact) mass is 406 g/mol. The summed E-state index contributed by atoms with van der Waals surface area (Å²) in [5, 5.41) is 7.24. The van der Waals surface area contributed by atoms with E-state index < -0.39 is 0 Å².